The number of phenols is 2. The lowest BCUT2D eigenvalue weighted by molar-refractivity contribution is 0.0686. The van der Waals surface area contributed by atoms with Crippen LogP contribution in [0.4, 0.5) is 0 Å². The van der Waals surface area contributed by atoms with Crippen LogP contribution in [0.5, 0.6) is 11.5 Å². The van der Waals surface area contributed by atoms with Crippen molar-refractivity contribution in [1.29, 1.82) is 0 Å². The Kier molecular flexibility index (Phi) is 12.4. The molecule has 1 saturated heterocycles. The van der Waals surface area contributed by atoms with Crippen LogP contribution < -0.4 is 0 Å². The van der Waals surface area contributed by atoms with Gasteiger partial charge in [0.1, 0.15) is 0 Å². The van der Waals surface area contributed by atoms with Crippen molar-refractivity contribution in [3.63, 3.8) is 0 Å². The van der Waals surface area contributed by atoms with Gasteiger partial charge >= 0.3 is 11.9 Å². The second-order valence-electron chi connectivity index (χ2n) is 11.1. The molecule has 4 N–H and O–H groups in total. The van der Waals surface area contributed by atoms with E-state index in [4.69, 9.17) is 10.2 Å². The van der Waals surface area contributed by atoms with E-state index in [1.54, 1.807) is 54.6 Å². The minimum absolute atomic E-state index is 0. The highest BCUT2D eigenvalue weighted by Gasteiger charge is 2.26. The van der Waals surface area contributed by atoms with Crippen molar-refractivity contribution in [2.75, 3.05) is 19.6 Å². The third-order valence-electron chi connectivity index (χ3n) is 7.17. The molecule has 7 nitrogen and oxygen atoms in total. The maximum atomic E-state index is 10.3. The van der Waals surface area contributed by atoms with E-state index >= 15 is 0 Å². The summed E-state index contributed by atoms with van der Waals surface area (Å²) in [6.07, 6.45) is 2.61. The first-order valence-corrected chi connectivity index (χ1v) is 13.6. The zero-order chi connectivity index (χ0) is 30.2. The second kappa shape index (κ2) is 15.2. The zero-order valence-electron chi connectivity index (χ0n) is 24.5. The Bertz CT molecular complexity index is 1420. The number of fused-ring (bicyclic) bond motifs is 1. The fourth-order valence-corrected chi connectivity index (χ4v) is 4.71. The van der Waals surface area contributed by atoms with E-state index in [0.717, 1.165) is 23.1 Å². The monoisotopic (exact) mass is 593 g/mol. The summed E-state index contributed by atoms with van der Waals surface area (Å²) in [6.45, 7) is 11.8. The Balaban J connectivity index is 0.000000247. The number of hydrogen-bond donors (Lipinski definition) is 4. The lowest BCUT2D eigenvalue weighted by Crippen LogP contribution is -2.35. The van der Waals surface area contributed by atoms with Crippen molar-refractivity contribution >= 4 is 35.1 Å². The van der Waals surface area contributed by atoms with Gasteiger partial charge in [-0.25, -0.2) is 9.59 Å². The lowest BCUT2D eigenvalue weighted by atomic mass is 9.83. The number of hydrogen-bond acceptors (Lipinski definition) is 5. The molecule has 5 rings (SSSR count). The van der Waals surface area contributed by atoms with E-state index < -0.39 is 11.9 Å². The minimum Gasteiger partial charge on any atom is -0.504 e. The number of phenolic OH excluding ortho intramolecular Hbond substituents is 2. The van der Waals surface area contributed by atoms with E-state index in [1.807, 2.05) is 26.0 Å². The molecule has 0 aliphatic carbocycles. The van der Waals surface area contributed by atoms with Gasteiger partial charge in [-0.1, -0.05) is 73.5 Å². The average molecular weight is 594 g/mol. The Morgan fingerprint density at radius 1 is 0.738 bits per heavy atom. The molecule has 0 saturated carbocycles. The lowest BCUT2D eigenvalue weighted by Gasteiger charge is -2.31. The van der Waals surface area contributed by atoms with Crippen molar-refractivity contribution in [1.82, 2.24) is 4.90 Å². The third kappa shape index (κ3) is 9.50. The van der Waals surface area contributed by atoms with E-state index in [9.17, 15) is 19.8 Å². The maximum Gasteiger partial charge on any atom is 0.335 e. The van der Waals surface area contributed by atoms with Gasteiger partial charge in [-0.15, -0.1) is 12.4 Å². The van der Waals surface area contributed by atoms with Crippen LogP contribution in [0, 0.1) is 13.8 Å². The summed E-state index contributed by atoms with van der Waals surface area (Å²) < 4.78 is 0. The number of aromatic hydroxyl groups is 2. The van der Waals surface area contributed by atoms with E-state index in [2.05, 4.69) is 30.9 Å². The average Bonchev–Trinajstić information content (AvgIpc) is 3.44. The number of halogens is 1. The predicted molar refractivity (Wildman–Crippen MR) is 170 cm³/mol. The number of benzene rings is 4. The van der Waals surface area contributed by atoms with Crippen LogP contribution in [-0.2, 0) is 5.41 Å². The minimum atomic E-state index is -0.875. The number of carboxylic acid groups (broad SMARTS) is 2. The van der Waals surface area contributed by atoms with Crippen LogP contribution in [-0.4, -0.2) is 56.9 Å². The molecule has 0 aromatic heterocycles. The summed E-state index contributed by atoms with van der Waals surface area (Å²) >= 11 is 0. The predicted octanol–water partition coefficient (Wildman–Crippen LogP) is 7.43. The molecule has 8 heteroatoms. The molecule has 4 aromatic carbocycles. The van der Waals surface area contributed by atoms with Gasteiger partial charge in [0.05, 0.1) is 11.1 Å². The standard InChI is InChI=1S/C18H23NO2.2C8H8O2.ClH/c1-18(2,12-19-9-3-4-10-19)14-6-7-15-13(11-14)5-8-16(20)17(15)21;2*1-6-2-4-7(5-3-6)8(9)10;/h5-8,11,20-21H,3-4,9-10,12H2,1-2H3;2*2-5H,1H3,(H,9,10);1H. The number of aromatic carboxylic acids is 2. The molecular formula is C34H40ClNO6. The Labute approximate surface area is 253 Å². The van der Waals surface area contributed by atoms with Crippen LogP contribution >= 0.6 is 12.4 Å². The van der Waals surface area contributed by atoms with Crippen molar-refractivity contribution in [2.24, 2.45) is 0 Å². The molecule has 0 spiro atoms. The normalized spacial score (nSPS) is 12.8. The highest BCUT2D eigenvalue weighted by Crippen LogP contribution is 2.36. The summed E-state index contributed by atoms with van der Waals surface area (Å²) in [6, 6.07) is 23.0. The van der Waals surface area contributed by atoms with Crippen molar-refractivity contribution in [3.05, 3.63) is 107 Å². The summed E-state index contributed by atoms with van der Waals surface area (Å²) in [5.74, 6) is -1.84. The smallest absolute Gasteiger partial charge is 0.335 e. The molecule has 4 aromatic rings. The molecular weight excluding hydrogens is 554 g/mol. The summed E-state index contributed by atoms with van der Waals surface area (Å²) in [5.41, 5.74) is 4.17. The van der Waals surface area contributed by atoms with E-state index in [-0.39, 0.29) is 29.3 Å². The SMILES string of the molecule is CC(C)(CN1CCCC1)c1ccc2c(O)c(O)ccc2c1.Cc1ccc(C(=O)O)cc1.Cc1ccc(C(=O)O)cc1.Cl. The van der Waals surface area contributed by atoms with Gasteiger partial charge in [0, 0.05) is 17.3 Å². The number of aryl methyl sites for hydroxylation is 2. The fourth-order valence-electron chi connectivity index (χ4n) is 4.71. The number of likely N-dealkylation sites (tertiary alicyclic amines) is 1. The van der Waals surface area contributed by atoms with Crippen LogP contribution in [0.3, 0.4) is 0 Å². The summed E-state index contributed by atoms with van der Waals surface area (Å²) in [7, 11) is 0. The van der Waals surface area contributed by atoms with Gasteiger partial charge < -0.3 is 25.3 Å². The van der Waals surface area contributed by atoms with Crippen molar-refractivity contribution in [2.45, 2.75) is 46.0 Å². The van der Waals surface area contributed by atoms with Gasteiger partial charge in [-0.3, -0.25) is 0 Å². The highest BCUT2D eigenvalue weighted by atomic mass is 35.5. The molecule has 0 bridgehead atoms. The summed E-state index contributed by atoms with van der Waals surface area (Å²) in [4.78, 5) is 23.2. The highest BCUT2D eigenvalue weighted by molar-refractivity contribution is 5.91. The van der Waals surface area contributed by atoms with Crippen LogP contribution in [0.2, 0.25) is 0 Å². The maximum absolute atomic E-state index is 10.3. The van der Waals surface area contributed by atoms with Gasteiger partial charge in [0.2, 0.25) is 0 Å². The molecule has 1 fully saturated rings. The van der Waals surface area contributed by atoms with Crippen molar-refractivity contribution < 1.29 is 30.0 Å². The quantitative estimate of drug-likeness (QED) is 0.178. The first-order valence-electron chi connectivity index (χ1n) is 13.6. The topological polar surface area (TPSA) is 118 Å². The van der Waals surface area contributed by atoms with Crippen molar-refractivity contribution in [3.8, 4) is 11.5 Å². The molecule has 224 valence electrons. The molecule has 1 aliphatic rings. The molecule has 0 atom stereocenters. The van der Waals surface area contributed by atoms with Crippen LogP contribution in [0.25, 0.3) is 10.8 Å². The molecule has 42 heavy (non-hydrogen) atoms. The molecule has 1 heterocycles. The zero-order valence-corrected chi connectivity index (χ0v) is 25.3. The molecule has 1 aliphatic heterocycles. The fraction of sp³-hybridized carbons (Fsp3) is 0.294. The Hall–Kier alpha value is -4.07. The molecule has 0 radical (unpaired) electrons. The largest absolute Gasteiger partial charge is 0.504 e. The van der Waals surface area contributed by atoms with E-state index in [0.29, 0.717) is 16.5 Å². The Morgan fingerprint density at radius 2 is 1.21 bits per heavy atom. The number of nitrogens with zero attached hydrogens (tertiary/aromatic N) is 1. The molecule has 0 amide bonds. The third-order valence-corrected chi connectivity index (χ3v) is 7.17. The number of carboxylic acids is 2. The van der Waals surface area contributed by atoms with Gasteiger partial charge in [-0.2, -0.15) is 0 Å². The number of carbonyl (C=O) groups is 2. The number of rotatable bonds is 5. The summed E-state index contributed by atoms with van der Waals surface area (Å²) in [5, 5.41) is 38.1. The first-order chi connectivity index (χ1) is 19.4. The Morgan fingerprint density at radius 3 is 1.67 bits per heavy atom. The second-order valence-corrected chi connectivity index (χ2v) is 11.1. The van der Waals surface area contributed by atoms with Gasteiger partial charge in [0.25, 0.3) is 0 Å². The molecule has 0 unspecified atom stereocenters. The van der Waals surface area contributed by atoms with Crippen LogP contribution in [0.1, 0.15) is 64.1 Å². The van der Waals surface area contributed by atoms with Crippen LogP contribution in [0.15, 0.2) is 78.9 Å². The van der Waals surface area contributed by atoms with E-state index in [1.165, 1.54) is 31.5 Å². The first kappa shape index (κ1) is 34.1. The van der Waals surface area contributed by atoms with Gasteiger partial charge in [0.15, 0.2) is 11.5 Å². The van der Waals surface area contributed by atoms with Gasteiger partial charge in [-0.05, 0) is 81.1 Å².